The second kappa shape index (κ2) is 9.50. The second-order valence-corrected chi connectivity index (χ2v) is 4.83. The first-order chi connectivity index (χ1) is 8.77. The highest BCUT2D eigenvalue weighted by atomic mass is 79.9. The first kappa shape index (κ1) is 15.6. The van der Waals surface area contributed by atoms with Crippen LogP contribution in [0.1, 0.15) is 25.5 Å². The number of likely N-dealkylation sites (N-methyl/N-ethyl adjacent to an activating group) is 1. The molecule has 0 aliphatic heterocycles. The first-order valence-electron chi connectivity index (χ1n) is 6.43. The van der Waals surface area contributed by atoms with Crippen molar-refractivity contribution in [2.45, 2.75) is 20.0 Å². The molecule has 0 aliphatic carbocycles. The van der Waals surface area contributed by atoms with E-state index in [0.717, 1.165) is 24.2 Å². The fraction of sp³-hybridized carbons (Fsp3) is 0.571. The summed E-state index contributed by atoms with van der Waals surface area (Å²) in [5, 5.41) is 3.33. The van der Waals surface area contributed by atoms with Crippen molar-refractivity contribution in [1.29, 1.82) is 0 Å². The van der Waals surface area contributed by atoms with Gasteiger partial charge in [-0.05, 0) is 31.2 Å². The molecule has 1 aromatic carbocycles. The van der Waals surface area contributed by atoms with Crippen molar-refractivity contribution in [2.24, 2.45) is 0 Å². The van der Waals surface area contributed by atoms with Crippen molar-refractivity contribution in [2.75, 3.05) is 32.9 Å². The summed E-state index contributed by atoms with van der Waals surface area (Å²) in [6.45, 7) is 7.85. The number of nitrogens with one attached hydrogen (secondary N) is 1. The molecule has 0 radical (unpaired) electrons. The van der Waals surface area contributed by atoms with E-state index in [4.69, 9.17) is 9.47 Å². The Morgan fingerprint density at radius 1 is 1.28 bits per heavy atom. The molecule has 4 heteroatoms. The van der Waals surface area contributed by atoms with E-state index in [1.165, 1.54) is 5.56 Å². The molecule has 1 unspecified atom stereocenters. The summed E-state index contributed by atoms with van der Waals surface area (Å²) in [6.07, 6.45) is 0.0721. The monoisotopic (exact) mass is 315 g/mol. The van der Waals surface area contributed by atoms with Gasteiger partial charge in [-0.15, -0.1) is 0 Å². The molecule has 3 nitrogen and oxygen atoms in total. The molecule has 0 aliphatic rings. The lowest BCUT2D eigenvalue weighted by Crippen LogP contribution is -2.24. The fourth-order valence-corrected chi connectivity index (χ4v) is 2.07. The third kappa shape index (κ3) is 5.96. The molecular weight excluding hydrogens is 294 g/mol. The summed E-state index contributed by atoms with van der Waals surface area (Å²) in [4.78, 5) is 0. The third-order valence-corrected chi connectivity index (χ3v) is 3.04. The molecular formula is C14H22BrNO2. The van der Waals surface area contributed by atoms with Gasteiger partial charge >= 0.3 is 0 Å². The van der Waals surface area contributed by atoms with E-state index in [1.807, 2.05) is 19.1 Å². The van der Waals surface area contributed by atoms with E-state index < -0.39 is 0 Å². The number of benzene rings is 1. The van der Waals surface area contributed by atoms with E-state index in [0.29, 0.717) is 13.2 Å². The van der Waals surface area contributed by atoms with Crippen LogP contribution in [0.15, 0.2) is 28.7 Å². The topological polar surface area (TPSA) is 30.5 Å². The molecule has 0 aromatic heterocycles. The highest BCUT2D eigenvalue weighted by Crippen LogP contribution is 2.20. The first-order valence-corrected chi connectivity index (χ1v) is 7.22. The molecule has 0 fully saturated rings. The fourth-order valence-electron chi connectivity index (χ4n) is 1.65. The summed E-state index contributed by atoms with van der Waals surface area (Å²) in [5.41, 5.74) is 1.18. The summed E-state index contributed by atoms with van der Waals surface area (Å²) in [7, 11) is 0. The zero-order valence-corrected chi connectivity index (χ0v) is 12.7. The number of ether oxygens (including phenoxy) is 2. The van der Waals surface area contributed by atoms with Gasteiger partial charge in [0.15, 0.2) is 0 Å². The van der Waals surface area contributed by atoms with Gasteiger partial charge in [-0.3, -0.25) is 0 Å². The van der Waals surface area contributed by atoms with Crippen LogP contribution in [0.2, 0.25) is 0 Å². The maximum absolute atomic E-state index is 5.88. The molecule has 1 atom stereocenters. The van der Waals surface area contributed by atoms with E-state index in [1.54, 1.807) is 0 Å². The molecule has 0 saturated carbocycles. The molecule has 102 valence electrons. The van der Waals surface area contributed by atoms with Crippen LogP contribution in [0.25, 0.3) is 0 Å². The largest absolute Gasteiger partial charge is 0.379 e. The van der Waals surface area contributed by atoms with Crippen LogP contribution in [0.3, 0.4) is 0 Å². The Kier molecular flexibility index (Phi) is 8.25. The second-order valence-electron chi connectivity index (χ2n) is 3.92. The maximum atomic E-state index is 5.88. The van der Waals surface area contributed by atoms with Crippen molar-refractivity contribution in [3.05, 3.63) is 34.3 Å². The van der Waals surface area contributed by atoms with Gasteiger partial charge < -0.3 is 14.8 Å². The quantitative estimate of drug-likeness (QED) is 0.710. The van der Waals surface area contributed by atoms with Crippen LogP contribution in [0, 0.1) is 0 Å². The lowest BCUT2D eigenvalue weighted by molar-refractivity contribution is 0.00705. The molecule has 18 heavy (non-hydrogen) atoms. The Labute approximate surface area is 118 Å². The number of hydrogen-bond acceptors (Lipinski definition) is 3. The van der Waals surface area contributed by atoms with Crippen molar-refractivity contribution >= 4 is 15.9 Å². The van der Waals surface area contributed by atoms with Crippen molar-refractivity contribution < 1.29 is 9.47 Å². The highest BCUT2D eigenvalue weighted by Gasteiger charge is 2.11. The Morgan fingerprint density at radius 3 is 2.78 bits per heavy atom. The molecule has 0 spiro atoms. The third-order valence-electron chi connectivity index (χ3n) is 2.55. The maximum Gasteiger partial charge on any atom is 0.0950 e. The Morgan fingerprint density at radius 2 is 2.11 bits per heavy atom. The standard InChI is InChI=1S/C14H22BrNO2/c1-3-16-11-14(18-9-8-17-4-2)12-6-5-7-13(15)10-12/h5-7,10,14,16H,3-4,8-9,11H2,1-2H3. The van der Waals surface area contributed by atoms with E-state index in [9.17, 15) is 0 Å². The predicted molar refractivity (Wildman–Crippen MR) is 77.9 cm³/mol. The van der Waals surface area contributed by atoms with Crippen LogP contribution >= 0.6 is 15.9 Å². The molecule has 1 rings (SSSR count). The zero-order valence-electron chi connectivity index (χ0n) is 11.1. The van der Waals surface area contributed by atoms with E-state index in [2.05, 4.69) is 40.3 Å². The minimum absolute atomic E-state index is 0.0721. The van der Waals surface area contributed by atoms with Crippen LogP contribution in [-0.2, 0) is 9.47 Å². The van der Waals surface area contributed by atoms with Crippen LogP contribution in [0.5, 0.6) is 0 Å². The van der Waals surface area contributed by atoms with Gasteiger partial charge in [-0.1, -0.05) is 35.0 Å². The normalized spacial score (nSPS) is 12.6. The number of hydrogen-bond donors (Lipinski definition) is 1. The zero-order chi connectivity index (χ0) is 13.2. The van der Waals surface area contributed by atoms with E-state index in [-0.39, 0.29) is 6.10 Å². The van der Waals surface area contributed by atoms with Gasteiger partial charge in [0.2, 0.25) is 0 Å². The minimum Gasteiger partial charge on any atom is -0.379 e. The van der Waals surface area contributed by atoms with E-state index >= 15 is 0 Å². The van der Waals surface area contributed by atoms with Gasteiger partial charge in [0.05, 0.1) is 19.3 Å². The Hall–Kier alpha value is -0.420. The van der Waals surface area contributed by atoms with Gasteiger partial charge in [0.1, 0.15) is 0 Å². The van der Waals surface area contributed by atoms with Gasteiger partial charge in [-0.2, -0.15) is 0 Å². The van der Waals surface area contributed by atoms with Crippen molar-refractivity contribution in [1.82, 2.24) is 5.32 Å². The summed E-state index contributed by atoms with van der Waals surface area (Å²) in [6, 6.07) is 8.24. The van der Waals surface area contributed by atoms with Crippen LogP contribution < -0.4 is 5.32 Å². The van der Waals surface area contributed by atoms with Crippen molar-refractivity contribution in [3.63, 3.8) is 0 Å². The summed E-state index contributed by atoms with van der Waals surface area (Å²) in [5.74, 6) is 0. The van der Waals surface area contributed by atoms with Crippen molar-refractivity contribution in [3.8, 4) is 0 Å². The molecule has 1 N–H and O–H groups in total. The van der Waals surface area contributed by atoms with Gasteiger partial charge in [-0.25, -0.2) is 0 Å². The highest BCUT2D eigenvalue weighted by molar-refractivity contribution is 9.10. The number of halogens is 1. The molecule has 0 amide bonds. The average Bonchev–Trinajstić information content (AvgIpc) is 2.38. The molecule has 0 heterocycles. The average molecular weight is 316 g/mol. The Balaban J connectivity index is 2.54. The smallest absolute Gasteiger partial charge is 0.0950 e. The number of rotatable bonds is 9. The minimum atomic E-state index is 0.0721. The molecule has 0 bridgehead atoms. The van der Waals surface area contributed by atoms with Crippen LogP contribution in [0.4, 0.5) is 0 Å². The lowest BCUT2D eigenvalue weighted by atomic mass is 10.1. The van der Waals surface area contributed by atoms with Gasteiger partial charge in [0, 0.05) is 17.6 Å². The summed E-state index contributed by atoms with van der Waals surface area (Å²) >= 11 is 3.49. The molecule has 0 saturated heterocycles. The Bertz CT molecular complexity index is 333. The SMILES string of the molecule is CCNCC(OCCOCC)c1cccc(Br)c1. The van der Waals surface area contributed by atoms with Gasteiger partial charge in [0.25, 0.3) is 0 Å². The summed E-state index contributed by atoms with van der Waals surface area (Å²) < 4.78 is 12.3. The lowest BCUT2D eigenvalue weighted by Gasteiger charge is -2.19. The van der Waals surface area contributed by atoms with Crippen LogP contribution in [-0.4, -0.2) is 32.9 Å². The molecule has 1 aromatic rings. The predicted octanol–water partition coefficient (Wildman–Crippen LogP) is 3.15.